The molecule has 0 spiro atoms. The molecule has 0 saturated heterocycles. The Labute approximate surface area is 121 Å². The number of benzene rings is 1. The van der Waals surface area contributed by atoms with Gasteiger partial charge in [-0.3, -0.25) is 4.79 Å². The summed E-state index contributed by atoms with van der Waals surface area (Å²) in [6.45, 7) is 3.89. The lowest BCUT2D eigenvalue weighted by Crippen LogP contribution is -2.38. The van der Waals surface area contributed by atoms with Crippen molar-refractivity contribution in [3.05, 3.63) is 35.9 Å². The molecule has 19 heavy (non-hydrogen) atoms. The number of nitrogens with two attached hydrogens (primary N) is 1. The fourth-order valence-corrected chi connectivity index (χ4v) is 2.31. The van der Waals surface area contributed by atoms with Gasteiger partial charge in [-0.25, -0.2) is 0 Å². The van der Waals surface area contributed by atoms with Crippen molar-refractivity contribution < 1.29 is 4.79 Å². The molecule has 2 rings (SSSR count). The lowest BCUT2D eigenvalue weighted by Gasteiger charge is -2.25. The molecule has 1 saturated carbocycles. The van der Waals surface area contributed by atoms with Crippen molar-refractivity contribution in [3.8, 4) is 0 Å². The topological polar surface area (TPSA) is 46.3 Å². The van der Waals surface area contributed by atoms with Crippen molar-refractivity contribution in [2.45, 2.75) is 26.3 Å². The highest BCUT2D eigenvalue weighted by atomic mass is 35.5. The summed E-state index contributed by atoms with van der Waals surface area (Å²) in [5.74, 6) is 1.01. The summed E-state index contributed by atoms with van der Waals surface area (Å²) in [5, 5.41) is 0. The van der Waals surface area contributed by atoms with Gasteiger partial charge in [0, 0.05) is 25.6 Å². The van der Waals surface area contributed by atoms with Crippen LogP contribution in [0.5, 0.6) is 0 Å². The zero-order valence-electron chi connectivity index (χ0n) is 11.4. The summed E-state index contributed by atoms with van der Waals surface area (Å²) in [6, 6.07) is 10.1. The first-order valence-electron chi connectivity index (χ1n) is 6.75. The molecule has 4 heteroatoms. The smallest absolute Gasteiger partial charge is 0.226 e. The molecule has 0 aromatic heterocycles. The van der Waals surface area contributed by atoms with Crippen LogP contribution in [0.2, 0.25) is 0 Å². The van der Waals surface area contributed by atoms with Crippen LogP contribution in [0.15, 0.2) is 30.3 Å². The Kier molecular flexibility index (Phi) is 6.32. The molecule has 1 aromatic carbocycles. The van der Waals surface area contributed by atoms with Crippen LogP contribution in [0.25, 0.3) is 0 Å². The second kappa shape index (κ2) is 7.51. The molecule has 2 N–H and O–H groups in total. The van der Waals surface area contributed by atoms with Crippen molar-refractivity contribution in [1.29, 1.82) is 0 Å². The zero-order chi connectivity index (χ0) is 13.0. The van der Waals surface area contributed by atoms with Crippen LogP contribution in [0.3, 0.4) is 0 Å². The van der Waals surface area contributed by atoms with Gasteiger partial charge in [0.2, 0.25) is 5.91 Å². The van der Waals surface area contributed by atoms with Gasteiger partial charge in [0.15, 0.2) is 0 Å². The summed E-state index contributed by atoms with van der Waals surface area (Å²) in [6.07, 6.45) is 2.41. The standard InChI is InChI=1S/C15H22N2O.ClH/c1-12(14-7-8-14)15(18)17(10-9-16)11-13-5-3-2-4-6-13;/h2-6,12,14H,7-11,16H2,1H3;1H. The Hall–Kier alpha value is -1.06. The highest BCUT2D eigenvalue weighted by Gasteiger charge is 2.34. The maximum atomic E-state index is 12.4. The molecule has 0 aliphatic heterocycles. The molecular weight excluding hydrogens is 260 g/mol. The van der Waals surface area contributed by atoms with Crippen LogP contribution < -0.4 is 5.73 Å². The molecular formula is C15H23ClN2O. The molecule has 1 aliphatic rings. The van der Waals surface area contributed by atoms with E-state index in [4.69, 9.17) is 5.73 Å². The lowest BCUT2D eigenvalue weighted by atomic mass is 10.0. The summed E-state index contributed by atoms with van der Waals surface area (Å²) in [7, 11) is 0. The maximum Gasteiger partial charge on any atom is 0.226 e. The van der Waals surface area contributed by atoms with E-state index in [-0.39, 0.29) is 24.2 Å². The number of amides is 1. The number of hydrogen-bond donors (Lipinski definition) is 1. The molecule has 3 nitrogen and oxygen atoms in total. The Morgan fingerprint density at radius 2 is 2.00 bits per heavy atom. The number of hydrogen-bond acceptors (Lipinski definition) is 2. The van der Waals surface area contributed by atoms with Gasteiger partial charge < -0.3 is 10.6 Å². The third-order valence-corrected chi connectivity index (χ3v) is 3.65. The number of carbonyl (C=O) groups is 1. The van der Waals surface area contributed by atoms with E-state index < -0.39 is 0 Å². The van der Waals surface area contributed by atoms with E-state index in [0.717, 1.165) is 0 Å². The molecule has 0 heterocycles. The summed E-state index contributed by atoms with van der Waals surface area (Å²) < 4.78 is 0. The zero-order valence-corrected chi connectivity index (χ0v) is 12.2. The van der Waals surface area contributed by atoms with Gasteiger partial charge in [-0.05, 0) is 24.3 Å². The minimum Gasteiger partial charge on any atom is -0.337 e. The third-order valence-electron chi connectivity index (χ3n) is 3.65. The van der Waals surface area contributed by atoms with Crippen molar-refractivity contribution >= 4 is 18.3 Å². The monoisotopic (exact) mass is 282 g/mol. The van der Waals surface area contributed by atoms with E-state index in [2.05, 4.69) is 19.1 Å². The average Bonchev–Trinajstić information content (AvgIpc) is 3.22. The van der Waals surface area contributed by atoms with Gasteiger partial charge in [-0.1, -0.05) is 37.3 Å². The Morgan fingerprint density at radius 1 is 1.37 bits per heavy atom. The van der Waals surface area contributed by atoms with E-state index in [1.165, 1.54) is 18.4 Å². The normalized spacial score (nSPS) is 15.5. The van der Waals surface area contributed by atoms with E-state index in [0.29, 0.717) is 25.6 Å². The molecule has 106 valence electrons. The molecule has 0 bridgehead atoms. The Morgan fingerprint density at radius 3 is 2.53 bits per heavy atom. The van der Waals surface area contributed by atoms with Crippen LogP contribution in [0.1, 0.15) is 25.3 Å². The average molecular weight is 283 g/mol. The second-order valence-electron chi connectivity index (χ2n) is 5.16. The van der Waals surface area contributed by atoms with Crippen molar-refractivity contribution in [2.24, 2.45) is 17.6 Å². The number of carbonyl (C=O) groups excluding carboxylic acids is 1. The van der Waals surface area contributed by atoms with Gasteiger partial charge in [-0.15, -0.1) is 12.4 Å². The largest absolute Gasteiger partial charge is 0.337 e. The molecule has 1 atom stereocenters. The highest BCUT2D eigenvalue weighted by molar-refractivity contribution is 5.85. The van der Waals surface area contributed by atoms with Gasteiger partial charge in [0.25, 0.3) is 0 Å². The lowest BCUT2D eigenvalue weighted by molar-refractivity contribution is -0.136. The summed E-state index contributed by atoms with van der Waals surface area (Å²) in [4.78, 5) is 14.3. The minimum absolute atomic E-state index is 0. The van der Waals surface area contributed by atoms with Gasteiger partial charge in [0.05, 0.1) is 0 Å². The predicted molar refractivity (Wildman–Crippen MR) is 80.0 cm³/mol. The number of nitrogens with zero attached hydrogens (tertiary/aromatic N) is 1. The van der Waals surface area contributed by atoms with E-state index in [1.807, 2.05) is 23.1 Å². The fourth-order valence-electron chi connectivity index (χ4n) is 2.31. The molecule has 0 radical (unpaired) electrons. The molecule has 1 aromatic rings. The minimum atomic E-state index is 0. The van der Waals surface area contributed by atoms with Gasteiger partial charge in [-0.2, -0.15) is 0 Å². The number of rotatable bonds is 6. The van der Waals surface area contributed by atoms with Crippen LogP contribution in [0.4, 0.5) is 0 Å². The summed E-state index contributed by atoms with van der Waals surface area (Å²) >= 11 is 0. The first kappa shape index (κ1) is 16.0. The highest BCUT2D eigenvalue weighted by Crippen LogP contribution is 2.37. The molecule has 1 fully saturated rings. The van der Waals surface area contributed by atoms with E-state index in [9.17, 15) is 4.79 Å². The molecule has 1 aliphatic carbocycles. The Balaban J connectivity index is 0.00000180. The fraction of sp³-hybridized carbons (Fsp3) is 0.533. The maximum absolute atomic E-state index is 12.4. The van der Waals surface area contributed by atoms with Gasteiger partial charge >= 0.3 is 0 Å². The quantitative estimate of drug-likeness (QED) is 0.871. The van der Waals surface area contributed by atoms with Gasteiger partial charge in [0.1, 0.15) is 0 Å². The van der Waals surface area contributed by atoms with Crippen molar-refractivity contribution in [1.82, 2.24) is 4.90 Å². The van der Waals surface area contributed by atoms with E-state index in [1.54, 1.807) is 0 Å². The molecule has 1 unspecified atom stereocenters. The van der Waals surface area contributed by atoms with Crippen molar-refractivity contribution in [3.63, 3.8) is 0 Å². The van der Waals surface area contributed by atoms with Crippen LogP contribution in [-0.2, 0) is 11.3 Å². The first-order chi connectivity index (χ1) is 8.72. The first-order valence-corrected chi connectivity index (χ1v) is 6.75. The van der Waals surface area contributed by atoms with Crippen molar-refractivity contribution in [2.75, 3.05) is 13.1 Å². The van der Waals surface area contributed by atoms with Crippen LogP contribution in [0, 0.1) is 11.8 Å². The van der Waals surface area contributed by atoms with Crippen LogP contribution in [-0.4, -0.2) is 23.9 Å². The van der Waals surface area contributed by atoms with E-state index >= 15 is 0 Å². The SMILES string of the molecule is CC(C(=O)N(CCN)Cc1ccccc1)C1CC1.Cl. The Bertz CT molecular complexity index is 392. The molecule has 1 amide bonds. The third kappa shape index (κ3) is 4.51. The second-order valence-corrected chi connectivity index (χ2v) is 5.16. The predicted octanol–water partition coefficient (Wildman–Crippen LogP) is 2.44. The summed E-state index contributed by atoms with van der Waals surface area (Å²) in [5.41, 5.74) is 6.79. The van der Waals surface area contributed by atoms with Crippen LogP contribution >= 0.6 is 12.4 Å². The number of halogens is 1.